The Morgan fingerprint density at radius 2 is 1.96 bits per heavy atom. The fraction of sp³-hybridized carbons (Fsp3) is 0.188. The van der Waals surface area contributed by atoms with Crippen molar-refractivity contribution >= 4 is 38.9 Å². The molecule has 0 heterocycles. The van der Waals surface area contributed by atoms with Gasteiger partial charge in [0.2, 0.25) is 0 Å². The lowest BCUT2D eigenvalue weighted by molar-refractivity contribution is 0.152. The Labute approximate surface area is 148 Å². The predicted molar refractivity (Wildman–Crippen MR) is 97.7 cm³/mol. The SMILES string of the molecule is CN(CC(O)c1ccc(O)c(O)c1)C(=S)Nc1cccc(Br)c1. The van der Waals surface area contributed by atoms with Gasteiger partial charge >= 0.3 is 0 Å². The Morgan fingerprint density at radius 1 is 1.22 bits per heavy atom. The normalized spacial score (nSPS) is 11.8. The van der Waals surface area contributed by atoms with Gasteiger partial charge in [0, 0.05) is 23.8 Å². The molecule has 0 spiro atoms. The standard InChI is InChI=1S/C16H17BrN2O3S/c1-19(16(23)18-12-4-2-3-11(17)8-12)9-15(22)10-5-6-13(20)14(21)7-10/h2-8,15,20-22H,9H2,1H3,(H,18,23). The molecular formula is C16H17BrN2O3S. The Bertz CT molecular complexity index is 711. The molecule has 23 heavy (non-hydrogen) atoms. The highest BCUT2D eigenvalue weighted by Gasteiger charge is 2.14. The van der Waals surface area contributed by atoms with E-state index >= 15 is 0 Å². The highest BCUT2D eigenvalue weighted by atomic mass is 79.9. The van der Waals surface area contributed by atoms with Crippen molar-refractivity contribution in [2.45, 2.75) is 6.10 Å². The summed E-state index contributed by atoms with van der Waals surface area (Å²) in [5.41, 5.74) is 1.34. The van der Waals surface area contributed by atoms with Gasteiger partial charge in [-0.25, -0.2) is 0 Å². The quantitative estimate of drug-likeness (QED) is 0.469. The van der Waals surface area contributed by atoms with Crippen LogP contribution in [0.4, 0.5) is 5.69 Å². The highest BCUT2D eigenvalue weighted by molar-refractivity contribution is 9.10. The number of aliphatic hydroxyl groups excluding tert-OH is 1. The molecule has 0 aliphatic carbocycles. The summed E-state index contributed by atoms with van der Waals surface area (Å²) >= 11 is 8.71. The molecule has 0 radical (unpaired) electrons. The number of anilines is 1. The smallest absolute Gasteiger partial charge is 0.173 e. The molecule has 0 aromatic heterocycles. The summed E-state index contributed by atoms with van der Waals surface area (Å²) in [6.45, 7) is 0.240. The number of nitrogens with one attached hydrogen (secondary N) is 1. The molecule has 0 saturated heterocycles. The molecule has 0 aliphatic rings. The lowest BCUT2D eigenvalue weighted by Crippen LogP contribution is -2.34. The van der Waals surface area contributed by atoms with Gasteiger partial charge in [-0.05, 0) is 48.1 Å². The zero-order valence-electron chi connectivity index (χ0n) is 12.4. The molecule has 122 valence electrons. The van der Waals surface area contributed by atoms with Crippen molar-refractivity contribution in [1.29, 1.82) is 0 Å². The van der Waals surface area contributed by atoms with Gasteiger partial charge in [0.25, 0.3) is 0 Å². The minimum Gasteiger partial charge on any atom is -0.504 e. The zero-order chi connectivity index (χ0) is 17.0. The highest BCUT2D eigenvalue weighted by Crippen LogP contribution is 2.28. The van der Waals surface area contributed by atoms with Crippen LogP contribution in [-0.2, 0) is 0 Å². The second-order valence-corrected chi connectivity index (χ2v) is 6.39. The van der Waals surface area contributed by atoms with Crippen LogP contribution < -0.4 is 5.32 Å². The largest absolute Gasteiger partial charge is 0.504 e. The van der Waals surface area contributed by atoms with E-state index in [0.717, 1.165) is 10.2 Å². The Kier molecular flexibility index (Phi) is 5.81. The number of benzene rings is 2. The third-order valence-electron chi connectivity index (χ3n) is 3.25. The second kappa shape index (κ2) is 7.63. The number of likely N-dealkylation sites (N-methyl/N-ethyl adjacent to an activating group) is 1. The summed E-state index contributed by atoms with van der Waals surface area (Å²) in [5.74, 6) is -0.486. The summed E-state index contributed by atoms with van der Waals surface area (Å²) in [5, 5.41) is 32.6. The number of rotatable bonds is 4. The van der Waals surface area contributed by atoms with E-state index in [0.29, 0.717) is 10.7 Å². The first-order valence-corrected chi connectivity index (χ1v) is 8.04. The lowest BCUT2D eigenvalue weighted by atomic mass is 10.1. The van der Waals surface area contributed by atoms with E-state index in [-0.39, 0.29) is 18.0 Å². The van der Waals surface area contributed by atoms with Crippen molar-refractivity contribution in [2.75, 3.05) is 18.9 Å². The molecule has 2 rings (SSSR count). The van der Waals surface area contributed by atoms with Crippen LogP contribution in [0.15, 0.2) is 46.9 Å². The number of aliphatic hydroxyl groups is 1. The third kappa shape index (κ3) is 4.82. The monoisotopic (exact) mass is 396 g/mol. The number of hydrogen-bond acceptors (Lipinski definition) is 4. The summed E-state index contributed by atoms with van der Waals surface area (Å²) in [7, 11) is 1.76. The second-order valence-electron chi connectivity index (χ2n) is 5.08. The van der Waals surface area contributed by atoms with Crippen LogP contribution in [0.5, 0.6) is 11.5 Å². The van der Waals surface area contributed by atoms with E-state index in [1.807, 2.05) is 24.3 Å². The van der Waals surface area contributed by atoms with Gasteiger partial charge < -0.3 is 25.5 Å². The average Bonchev–Trinajstić information content (AvgIpc) is 2.49. The number of aromatic hydroxyl groups is 2. The van der Waals surface area contributed by atoms with E-state index in [2.05, 4.69) is 21.2 Å². The fourth-order valence-corrected chi connectivity index (χ4v) is 2.57. The van der Waals surface area contributed by atoms with Gasteiger partial charge in [-0.3, -0.25) is 0 Å². The molecule has 1 atom stereocenters. The molecule has 0 amide bonds. The molecule has 0 aliphatic heterocycles. The number of halogens is 1. The first-order valence-electron chi connectivity index (χ1n) is 6.84. The van der Waals surface area contributed by atoms with Crippen molar-refractivity contribution in [2.24, 2.45) is 0 Å². The van der Waals surface area contributed by atoms with E-state index in [1.54, 1.807) is 18.0 Å². The fourth-order valence-electron chi connectivity index (χ4n) is 1.98. The van der Waals surface area contributed by atoms with Gasteiger partial charge in [0.05, 0.1) is 6.10 Å². The first kappa shape index (κ1) is 17.5. The molecule has 4 N–H and O–H groups in total. The Balaban J connectivity index is 1.98. The molecule has 0 bridgehead atoms. The van der Waals surface area contributed by atoms with Crippen molar-refractivity contribution in [3.8, 4) is 11.5 Å². The van der Waals surface area contributed by atoms with E-state index in [1.165, 1.54) is 12.1 Å². The molecule has 5 nitrogen and oxygen atoms in total. The lowest BCUT2D eigenvalue weighted by Gasteiger charge is -2.24. The van der Waals surface area contributed by atoms with Gasteiger partial charge in [-0.15, -0.1) is 0 Å². The van der Waals surface area contributed by atoms with Gasteiger partial charge in [0.1, 0.15) is 0 Å². The molecule has 2 aromatic rings. The summed E-state index contributed by atoms with van der Waals surface area (Å²) in [6.07, 6.45) is -0.853. The maximum atomic E-state index is 10.2. The van der Waals surface area contributed by atoms with Gasteiger partial charge in [0.15, 0.2) is 16.6 Å². The average molecular weight is 397 g/mol. The molecule has 1 unspecified atom stereocenters. The van der Waals surface area contributed by atoms with Crippen molar-refractivity contribution in [3.05, 3.63) is 52.5 Å². The van der Waals surface area contributed by atoms with Crippen LogP contribution in [0.2, 0.25) is 0 Å². The van der Waals surface area contributed by atoms with Crippen LogP contribution in [0.3, 0.4) is 0 Å². The summed E-state index contributed by atoms with van der Waals surface area (Å²) in [6, 6.07) is 11.8. The van der Waals surface area contributed by atoms with E-state index in [9.17, 15) is 15.3 Å². The maximum absolute atomic E-state index is 10.2. The minimum atomic E-state index is -0.853. The predicted octanol–water partition coefficient (Wildman–Crippen LogP) is 3.22. The van der Waals surface area contributed by atoms with Crippen LogP contribution in [0.25, 0.3) is 0 Å². The Morgan fingerprint density at radius 3 is 2.61 bits per heavy atom. The van der Waals surface area contributed by atoms with E-state index < -0.39 is 6.10 Å². The van der Waals surface area contributed by atoms with Crippen molar-refractivity contribution < 1.29 is 15.3 Å². The first-order chi connectivity index (χ1) is 10.9. The Hall–Kier alpha value is -1.83. The van der Waals surface area contributed by atoms with Crippen molar-refractivity contribution in [1.82, 2.24) is 4.90 Å². The van der Waals surface area contributed by atoms with Crippen LogP contribution in [0.1, 0.15) is 11.7 Å². The van der Waals surface area contributed by atoms with Gasteiger partial charge in [-0.1, -0.05) is 28.1 Å². The van der Waals surface area contributed by atoms with Crippen LogP contribution in [-0.4, -0.2) is 38.9 Å². The topological polar surface area (TPSA) is 76.0 Å². The van der Waals surface area contributed by atoms with Crippen molar-refractivity contribution in [3.63, 3.8) is 0 Å². The number of hydrogen-bond donors (Lipinski definition) is 4. The summed E-state index contributed by atoms with van der Waals surface area (Å²) < 4.78 is 0.938. The van der Waals surface area contributed by atoms with E-state index in [4.69, 9.17) is 12.2 Å². The molecule has 7 heteroatoms. The van der Waals surface area contributed by atoms with Gasteiger partial charge in [-0.2, -0.15) is 0 Å². The molecule has 0 fully saturated rings. The number of nitrogens with zero attached hydrogens (tertiary/aromatic N) is 1. The zero-order valence-corrected chi connectivity index (χ0v) is 14.8. The van der Waals surface area contributed by atoms with Crippen LogP contribution in [0, 0.1) is 0 Å². The minimum absolute atomic E-state index is 0.221. The number of phenols is 2. The number of thiocarbonyl (C=S) groups is 1. The molecule has 2 aromatic carbocycles. The maximum Gasteiger partial charge on any atom is 0.173 e. The molecular weight excluding hydrogens is 380 g/mol. The number of phenolic OH excluding ortho intramolecular Hbond substituents is 2. The molecule has 0 saturated carbocycles. The van der Waals surface area contributed by atoms with Crippen LogP contribution >= 0.6 is 28.1 Å². The third-order valence-corrected chi connectivity index (χ3v) is 4.16. The summed E-state index contributed by atoms with van der Waals surface area (Å²) in [4.78, 5) is 1.70.